The Kier molecular flexibility index (Phi) is 4.77. The van der Waals surface area contributed by atoms with Gasteiger partial charge < -0.3 is 5.11 Å². The van der Waals surface area contributed by atoms with Gasteiger partial charge in [-0.25, -0.2) is 4.99 Å². The Morgan fingerprint density at radius 1 is 1.27 bits per heavy atom. The lowest BCUT2D eigenvalue weighted by atomic mass is 10.2. The van der Waals surface area contributed by atoms with Gasteiger partial charge in [-0.2, -0.15) is 0 Å². The summed E-state index contributed by atoms with van der Waals surface area (Å²) in [4.78, 5) is 29.0. The van der Waals surface area contributed by atoms with Crippen molar-refractivity contribution in [2.45, 2.75) is 6.92 Å². The minimum Gasteiger partial charge on any atom is -0.506 e. The number of phenols is 1. The summed E-state index contributed by atoms with van der Waals surface area (Å²) < 4.78 is 0. The van der Waals surface area contributed by atoms with E-state index in [-0.39, 0.29) is 17.3 Å². The van der Waals surface area contributed by atoms with Gasteiger partial charge in [-0.15, -0.1) is 0 Å². The summed E-state index contributed by atoms with van der Waals surface area (Å²) in [7, 11) is 1.59. The second-order valence-electron chi connectivity index (χ2n) is 5.71. The quantitative estimate of drug-likeness (QED) is 0.504. The van der Waals surface area contributed by atoms with Crippen LogP contribution in [0.3, 0.4) is 0 Å². The molecule has 0 radical (unpaired) electrons. The predicted molar refractivity (Wildman–Crippen MR) is 101 cm³/mol. The highest BCUT2D eigenvalue weighted by Crippen LogP contribution is 2.35. The van der Waals surface area contributed by atoms with Crippen molar-refractivity contribution < 1.29 is 14.8 Å². The third-order valence-electron chi connectivity index (χ3n) is 3.73. The van der Waals surface area contributed by atoms with Crippen LogP contribution in [0.25, 0.3) is 6.08 Å². The molecular formula is C18H15N3O4S. The molecule has 0 unspecified atom stereocenters. The molecule has 8 heteroatoms. The van der Waals surface area contributed by atoms with E-state index in [2.05, 4.69) is 4.99 Å². The molecule has 1 saturated heterocycles. The van der Waals surface area contributed by atoms with E-state index in [1.165, 1.54) is 17.0 Å². The van der Waals surface area contributed by atoms with Crippen molar-refractivity contribution in [1.29, 1.82) is 0 Å². The predicted octanol–water partition coefficient (Wildman–Crippen LogP) is 3.84. The summed E-state index contributed by atoms with van der Waals surface area (Å²) in [6.45, 7) is 1.86. The standard InChI is InChI=1S/C18H15N3O4S/c1-11-6-7-14(15(22)8-11)19-18-20(2)17(23)16(26-18)10-12-4-3-5-13(9-12)21(24)25/h3-10,22H,1-2H3/b16-10-,19-18?. The van der Waals surface area contributed by atoms with Crippen LogP contribution in [0.4, 0.5) is 11.4 Å². The molecule has 1 N–H and O–H groups in total. The zero-order valence-electron chi connectivity index (χ0n) is 14.0. The van der Waals surface area contributed by atoms with E-state index in [1.807, 2.05) is 13.0 Å². The molecule has 1 aliphatic rings. The lowest BCUT2D eigenvalue weighted by Gasteiger charge is -2.08. The highest BCUT2D eigenvalue weighted by atomic mass is 32.2. The summed E-state index contributed by atoms with van der Waals surface area (Å²) >= 11 is 1.15. The smallest absolute Gasteiger partial charge is 0.270 e. The molecule has 2 aromatic carbocycles. The number of rotatable bonds is 3. The zero-order valence-corrected chi connectivity index (χ0v) is 14.9. The molecule has 7 nitrogen and oxygen atoms in total. The molecule has 0 atom stereocenters. The molecule has 0 aliphatic carbocycles. The number of carbonyl (C=O) groups is 1. The number of thioether (sulfide) groups is 1. The van der Waals surface area contributed by atoms with E-state index >= 15 is 0 Å². The summed E-state index contributed by atoms with van der Waals surface area (Å²) in [5.41, 5.74) is 1.79. The maximum absolute atomic E-state index is 12.4. The van der Waals surface area contributed by atoms with E-state index in [0.29, 0.717) is 21.3 Å². The molecule has 0 aromatic heterocycles. The topological polar surface area (TPSA) is 96.0 Å². The number of hydrogen-bond donors (Lipinski definition) is 1. The Bertz CT molecular complexity index is 969. The Hall–Kier alpha value is -3.13. The molecule has 0 saturated carbocycles. The Balaban J connectivity index is 1.92. The molecular weight excluding hydrogens is 354 g/mol. The van der Waals surface area contributed by atoms with E-state index < -0.39 is 4.92 Å². The number of aryl methyl sites for hydroxylation is 1. The highest BCUT2D eigenvalue weighted by Gasteiger charge is 2.30. The van der Waals surface area contributed by atoms with Crippen molar-refractivity contribution in [1.82, 2.24) is 4.90 Å². The van der Waals surface area contributed by atoms with E-state index in [0.717, 1.165) is 17.3 Å². The fourth-order valence-electron chi connectivity index (χ4n) is 2.36. The SMILES string of the molecule is Cc1ccc(N=C2S/C(=C\c3cccc([N+](=O)[O-])c3)C(=O)N2C)c(O)c1. The molecule has 3 rings (SSSR count). The van der Waals surface area contributed by atoms with Crippen LogP contribution in [0.5, 0.6) is 5.75 Å². The van der Waals surface area contributed by atoms with Gasteiger partial charge in [0.25, 0.3) is 11.6 Å². The molecule has 1 fully saturated rings. The van der Waals surface area contributed by atoms with Gasteiger partial charge in [0.1, 0.15) is 11.4 Å². The van der Waals surface area contributed by atoms with Crippen molar-refractivity contribution in [3.63, 3.8) is 0 Å². The lowest BCUT2D eigenvalue weighted by Crippen LogP contribution is -2.23. The van der Waals surface area contributed by atoms with Crippen LogP contribution in [0, 0.1) is 17.0 Å². The number of nitro groups is 1. The van der Waals surface area contributed by atoms with Crippen LogP contribution in [-0.4, -0.2) is 33.1 Å². The number of carbonyl (C=O) groups excluding carboxylic acids is 1. The summed E-state index contributed by atoms with van der Waals surface area (Å²) in [6, 6.07) is 11.2. The van der Waals surface area contributed by atoms with Gasteiger partial charge in [-0.3, -0.25) is 19.8 Å². The third-order valence-corrected chi connectivity index (χ3v) is 4.79. The lowest BCUT2D eigenvalue weighted by molar-refractivity contribution is -0.384. The van der Waals surface area contributed by atoms with Crippen molar-refractivity contribution >= 4 is 40.3 Å². The second kappa shape index (κ2) is 7.01. The zero-order chi connectivity index (χ0) is 18.8. The van der Waals surface area contributed by atoms with Gasteiger partial charge in [0.05, 0.1) is 9.83 Å². The van der Waals surface area contributed by atoms with Crippen molar-refractivity contribution in [3.8, 4) is 5.75 Å². The minimum atomic E-state index is -0.481. The van der Waals surface area contributed by atoms with Gasteiger partial charge in [-0.1, -0.05) is 18.2 Å². The van der Waals surface area contributed by atoms with Gasteiger partial charge >= 0.3 is 0 Å². The monoisotopic (exact) mass is 369 g/mol. The highest BCUT2D eigenvalue weighted by molar-refractivity contribution is 8.18. The summed E-state index contributed by atoms with van der Waals surface area (Å²) in [5, 5.41) is 21.3. The first-order valence-electron chi connectivity index (χ1n) is 7.65. The molecule has 1 amide bonds. The molecule has 0 spiro atoms. The van der Waals surface area contributed by atoms with Crippen LogP contribution in [0.15, 0.2) is 52.4 Å². The Morgan fingerprint density at radius 2 is 2.04 bits per heavy atom. The summed E-state index contributed by atoms with van der Waals surface area (Å²) in [5.74, 6) is -0.220. The minimum absolute atomic E-state index is 0.0371. The average Bonchev–Trinajstić information content (AvgIpc) is 2.85. The number of likely N-dealkylation sites (N-methyl/N-ethyl adjacent to an activating group) is 1. The van der Waals surface area contributed by atoms with E-state index in [4.69, 9.17) is 0 Å². The Labute approximate surface area is 153 Å². The second-order valence-corrected chi connectivity index (χ2v) is 6.72. The number of nitrogens with zero attached hydrogens (tertiary/aromatic N) is 3. The third kappa shape index (κ3) is 3.60. The molecule has 132 valence electrons. The van der Waals surface area contributed by atoms with Crippen LogP contribution in [-0.2, 0) is 4.79 Å². The summed E-state index contributed by atoms with van der Waals surface area (Å²) in [6.07, 6.45) is 1.59. The number of aliphatic imine (C=N–C) groups is 1. The maximum Gasteiger partial charge on any atom is 0.270 e. The number of aromatic hydroxyl groups is 1. The van der Waals surface area contributed by atoms with Gasteiger partial charge in [0, 0.05) is 19.2 Å². The molecule has 26 heavy (non-hydrogen) atoms. The number of phenolic OH excluding ortho intramolecular Hbond substituents is 1. The molecule has 2 aromatic rings. The molecule has 1 heterocycles. The van der Waals surface area contributed by atoms with E-state index in [1.54, 1.807) is 37.4 Å². The van der Waals surface area contributed by atoms with E-state index in [9.17, 15) is 20.0 Å². The number of benzene rings is 2. The van der Waals surface area contributed by atoms with Crippen LogP contribution < -0.4 is 0 Å². The van der Waals surface area contributed by atoms with Gasteiger partial charge in [0.15, 0.2) is 5.17 Å². The van der Waals surface area contributed by atoms with Gasteiger partial charge in [0.2, 0.25) is 0 Å². The van der Waals surface area contributed by atoms with Crippen LogP contribution in [0.1, 0.15) is 11.1 Å². The van der Waals surface area contributed by atoms with Crippen LogP contribution >= 0.6 is 11.8 Å². The first-order valence-corrected chi connectivity index (χ1v) is 8.47. The normalized spacial score (nSPS) is 17.3. The van der Waals surface area contributed by atoms with Crippen LogP contribution in [0.2, 0.25) is 0 Å². The number of hydrogen-bond acceptors (Lipinski definition) is 6. The van der Waals surface area contributed by atoms with Crippen molar-refractivity contribution in [2.24, 2.45) is 4.99 Å². The Morgan fingerprint density at radius 3 is 2.73 bits per heavy atom. The number of amides is 1. The van der Waals surface area contributed by atoms with Crippen molar-refractivity contribution in [3.05, 3.63) is 68.6 Å². The largest absolute Gasteiger partial charge is 0.506 e. The maximum atomic E-state index is 12.4. The average molecular weight is 369 g/mol. The first-order chi connectivity index (χ1) is 12.3. The van der Waals surface area contributed by atoms with Gasteiger partial charge in [-0.05, 0) is 48.0 Å². The number of nitro benzene ring substituents is 1. The number of non-ortho nitro benzene ring substituents is 1. The van der Waals surface area contributed by atoms with Crippen molar-refractivity contribution in [2.75, 3.05) is 7.05 Å². The fraction of sp³-hybridized carbons (Fsp3) is 0.111. The molecule has 0 bridgehead atoms. The first kappa shape index (κ1) is 17.7. The number of amidine groups is 1. The molecule has 1 aliphatic heterocycles. The fourth-order valence-corrected chi connectivity index (χ4v) is 3.34.